The SMILES string of the molecule is CC(=O)c1ccccc1NC(=O)CN(Cc1ccco1)C1CC1. The van der Waals surface area contributed by atoms with Crippen molar-refractivity contribution >= 4 is 17.4 Å². The van der Waals surface area contributed by atoms with Gasteiger partial charge in [-0.25, -0.2) is 0 Å². The molecule has 1 aromatic carbocycles. The summed E-state index contributed by atoms with van der Waals surface area (Å²) in [5.74, 6) is 0.682. The second kappa shape index (κ2) is 6.79. The fourth-order valence-electron chi connectivity index (χ4n) is 2.63. The Hall–Kier alpha value is -2.40. The first-order valence-electron chi connectivity index (χ1n) is 7.80. The van der Waals surface area contributed by atoms with Crippen molar-refractivity contribution in [2.24, 2.45) is 0 Å². The van der Waals surface area contributed by atoms with Crippen molar-refractivity contribution in [2.75, 3.05) is 11.9 Å². The van der Waals surface area contributed by atoms with Crippen molar-refractivity contribution in [1.82, 2.24) is 4.90 Å². The zero-order valence-corrected chi connectivity index (χ0v) is 13.1. The minimum Gasteiger partial charge on any atom is -0.468 e. The molecule has 5 nitrogen and oxygen atoms in total. The lowest BCUT2D eigenvalue weighted by Gasteiger charge is -2.20. The molecule has 0 bridgehead atoms. The molecule has 23 heavy (non-hydrogen) atoms. The zero-order chi connectivity index (χ0) is 16.2. The van der Waals surface area contributed by atoms with Crippen LogP contribution < -0.4 is 5.32 Å². The number of carbonyl (C=O) groups is 2. The highest BCUT2D eigenvalue weighted by atomic mass is 16.3. The number of furan rings is 1. The second-order valence-electron chi connectivity index (χ2n) is 5.87. The number of nitrogens with one attached hydrogen (secondary N) is 1. The molecule has 0 radical (unpaired) electrons. The fraction of sp³-hybridized carbons (Fsp3) is 0.333. The summed E-state index contributed by atoms with van der Waals surface area (Å²) < 4.78 is 5.37. The summed E-state index contributed by atoms with van der Waals surface area (Å²) in [6, 6.07) is 11.3. The Morgan fingerprint density at radius 3 is 2.65 bits per heavy atom. The van der Waals surface area contributed by atoms with Crippen LogP contribution in [0.2, 0.25) is 0 Å². The number of ketones is 1. The second-order valence-corrected chi connectivity index (χ2v) is 5.87. The van der Waals surface area contributed by atoms with E-state index in [-0.39, 0.29) is 18.2 Å². The summed E-state index contributed by atoms with van der Waals surface area (Å²) >= 11 is 0. The maximum atomic E-state index is 12.4. The van der Waals surface area contributed by atoms with Gasteiger partial charge in [0.15, 0.2) is 5.78 Å². The van der Waals surface area contributed by atoms with E-state index in [1.54, 1.807) is 24.5 Å². The zero-order valence-electron chi connectivity index (χ0n) is 13.1. The third kappa shape index (κ3) is 4.07. The maximum Gasteiger partial charge on any atom is 0.238 e. The predicted molar refractivity (Wildman–Crippen MR) is 87.2 cm³/mol. The van der Waals surface area contributed by atoms with E-state index in [0.717, 1.165) is 18.6 Å². The summed E-state index contributed by atoms with van der Waals surface area (Å²) in [7, 11) is 0. The van der Waals surface area contributed by atoms with Gasteiger partial charge in [0, 0.05) is 11.6 Å². The number of amides is 1. The van der Waals surface area contributed by atoms with Gasteiger partial charge in [-0.05, 0) is 44.0 Å². The van der Waals surface area contributed by atoms with E-state index in [1.165, 1.54) is 6.92 Å². The van der Waals surface area contributed by atoms with Crippen LogP contribution in [0, 0.1) is 0 Å². The van der Waals surface area contributed by atoms with Crippen molar-refractivity contribution < 1.29 is 14.0 Å². The third-order valence-corrected chi connectivity index (χ3v) is 3.93. The molecular weight excluding hydrogens is 292 g/mol. The van der Waals surface area contributed by atoms with Crippen LogP contribution >= 0.6 is 0 Å². The van der Waals surface area contributed by atoms with Gasteiger partial charge in [-0.1, -0.05) is 12.1 Å². The normalized spacial score (nSPS) is 14.0. The van der Waals surface area contributed by atoms with Crippen LogP contribution in [0.3, 0.4) is 0 Å². The van der Waals surface area contributed by atoms with Crippen molar-refractivity contribution in [2.45, 2.75) is 32.4 Å². The molecule has 5 heteroatoms. The Balaban J connectivity index is 1.64. The van der Waals surface area contributed by atoms with Crippen LogP contribution in [0.5, 0.6) is 0 Å². The lowest BCUT2D eigenvalue weighted by Crippen LogP contribution is -2.34. The topological polar surface area (TPSA) is 62.6 Å². The van der Waals surface area contributed by atoms with E-state index in [4.69, 9.17) is 4.42 Å². The van der Waals surface area contributed by atoms with E-state index >= 15 is 0 Å². The molecule has 3 rings (SSSR count). The number of hydrogen-bond acceptors (Lipinski definition) is 4. The predicted octanol–water partition coefficient (Wildman–Crippen LogP) is 3.09. The first-order valence-corrected chi connectivity index (χ1v) is 7.80. The van der Waals surface area contributed by atoms with Crippen molar-refractivity contribution in [3.8, 4) is 0 Å². The number of para-hydroxylation sites is 1. The van der Waals surface area contributed by atoms with Gasteiger partial charge in [-0.2, -0.15) is 0 Å². The quantitative estimate of drug-likeness (QED) is 0.798. The number of hydrogen-bond donors (Lipinski definition) is 1. The van der Waals surface area contributed by atoms with Crippen LogP contribution in [0.25, 0.3) is 0 Å². The summed E-state index contributed by atoms with van der Waals surface area (Å²) in [4.78, 5) is 26.1. The average molecular weight is 312 g/mol. The Bertz CT molecular complexity index is 690. The highest BCUT2D eigenvalue weighted by molar-refractivity contribution is 6.04. The molecule has 1 aliphatic rings. The van der Waals surface area contributed by atoms with Crippen molar-refractivity contribution in [1.29, 1.82) is 0 Å². The molecule has 1 amide bonds. The van der Waals surface area contributed by atoms with Gasteiger partial charge in [0.25, 0.3) is 0 Å². The van der Waals surface area contributed by atoms with Crippen LogP contribution in [0.4, 0.5) is 5.69 Å². The fourth-order valence-corrected chi connectivity index (χ4v) is 2.63. The van der Waals surface area contributed by atoms with Gasteiger partial charge in [0.05, 0.1) is 25.0 Å². The first kappa shape index (κ1) is 15.5. The molecule has 1 N–H and O–H groups in total. The molecule has 0 unspecified atom stereocenters. The van der Waals surface area contributed by atoms with Crippen molar-refractivity contribution in [3.05, 3.63) is 54.0 Å². The van der Waals surface area contributed by atoms with Gasteiger partial charge in [-0.15, -0.1) is 0 Å². The molecule has 1 aliphatic carbocycles. The molecule has 2 aromatic rings. The standard InChI is InChI=1S/C18H20N2O3/c1-13(21)16-6-2-3-7-17(16)19-18(22)12-20(14-8-9-14)11-15-5-4-10-23-15/h2-7,10,14H,8-9,11-12H2,1H3,(H,19,22). The van der Waals surface area contributed by atoms with Crippen LogP contribution in [-0.4, -0.2) is 29.2 Å². The Kier molecular flexibility index (Phi) is 4.57. The summed E-state index contributed by atoms with van der Waals surface area (Å²) in [5, 5.41) is 2.85. The van der Waals surface area contributed by atoms with E-state index < -0.39 is 0 Å². The highest BCUT2D eigenvalue weighted by Gasteiger charge is 2.31. The van der Waals surface area contributed by atoms with E-state index in [9.17, 15) is 9.59 Å². The first-order chi connectivity index (χ1) is 11.1. The Labute approximate surface area is 135 Å². The highest BCUT2D eigenvalue weighted by Crippen LogP contribution is 2.28. The number of rotatable bonds is 7. The van der Waals surface area contributed by atoms with Gasteiger partial charge in [0.2, 0.25) is 5.91 Å². The number of nitrogens with zero attached hydrogens (tertiary/aromatic N) is 1. The van der Waals surface area contributed by atoms with Gasteiger partial charge in [-0.3, -0.25) is 14.5 Å². The largest absolute Gasteiger partial charge is 0.468 e. The van der Waals surface area contributed by atoms with Gasteiger partial charge < -0.3 is 9.73 Å². The number of benzene rings is 1. The Morgan fingerprint density at radius 1 is 1.22 bits per heavy atom. The van der Waals surface area contributed by atoms with E-state index in [1.807, 2.05) is 18.2 Å². The average Bonchev–Trinajstić information content (AvgIpc) is 3.25. The van der Waals surface area contributed by atoms with Gasteiger partial charge >= 0.3 is 0 Å². The lowest BCUT2D eigenvalue weighted by molar-refractivity contribution is -0.117. The van der Waals surface area contributed by atoms with E-state index in [2.05, 4.69) is 10.2 Å². The number of anilines is 1. The summed E-state index contributed by atoms with van der Waals surface area (Å²) in [6.45, 7) is 2.41. The number of carbonyl (C=O) groups excluding carboxylic acids is 2. The van der Waals surface area contributed by atoms with Crippen LogP contribution in [0.1, 0.15) is 35.9 Å². The molecule has 0 atom stereocenters. The molecular formula is C18H20N2O3. The molecule has 1 saturated carbocycles. The molecule has 0 saturated heterocycles. The minimum atomic E-state index is -0.114. The molecule has 1 heterocycles. The summed E-state index contributed by atoms with van der Waals surface area (Å²) in [6.07, 6.45) is 3.86. The molecule has 120 valence electrons. The smallest absolute Gasteiger partial charge is 0.238 e. The lowest BCUT2D eigenvalue weighted by atomic mass is 10.1. The monoisotopic (exact) mass is 312 g/mol. The molecule has 1 aromatic heterocycles. The number of Topliss-reactive ketones (excluding diaryl/α,β-unsaturated/α-hetero) is 1. The van der Waals surface area contributed by atoms with Crippen LogP contribution in [-0.2, 0) is 11.3 Å². The Morgan fingerprint density at radius 2 is 2.00 bits per heavy atom. The minimum absolute atomic E-state index is 0.0597. The van der Waals surface area contributed by atoms with Crippen molar-refractivity contribution in [3.63, 3.8) is 0 Å². The van der Waals surface area contributed by atoms with E-state index in [0.29, 0.717) is 23.8 Å². The molecule has 0 spiro atoms. The maximum absolute atomic E-state index is 12.4. The van der Waals surface area contributed by atoms with Crippen LogP contribution in [0.15, 0.2) is 47.1 Å². The molecule has 0 aliphatic heterocycles. The molecule has 1 fully saturated rings. The third-order valence-electron chi connectivity index (χ3n) is 3.93. The van der Waals surface area contributed by atoms with Gasteiger partial charge in [0.1, 0.15) is 5.76 Å². The summed E-state index contributed by atoms with van der Waals surface area (Å²) in [5.41, 5.74) is 1.10.